The normalized spacial score (nSPS) is 11.2. The second kappa shape index (κ2) is 4.25. The molecule has 17 heavy (non-hydrogen) atoms. The molecule has 6 nitrogen and oxygen atoms in total. The molecule has 2 aromatic heterocycles. The number of nitro groups is 1. The summed E-state index contributed by atoms with van der Waals surface area (Å²) in [5, 5.41) is 11.1. The summed E-state index contributed by atoms with van der Waals surface area (Å²) in [6.45, 7) is 0. The van der Waals surface area contributed by atoms with Crippen molar-refractivity contribution in [2.45, 2.75) is 0 Å². The summed E-state index contributed by atoms with van der Waals surface area (Å²) in [5.74, 6) is 0. The standard InChI is InChI=1S/C11H12N4O2/c1-13(2)6-3-9-4-7-14-8-5-12-11(14)10(9)15(16)17/h3-8H,1-2H3/b6-3+. The Kier molecular flexibility index (Phi) is 2.78. The van der Waals surface area contributed by atoms with E-state index in [1.54, 1.807) is 41.3 Å². The first kappa shape index (κ1) is 11.1. The summed E-state index contributed by atoms with van der Waals surface area (Å²) >= 11 is 0. The molecule has 0 saturated carbocycles. The Hall–Kier alpha value is -2.37. The highest BCUT2D eigenvalue weighted by atomic mass is 16.6. The van der Waals surface area contributed by atoms with Gasteiger partial charge in [0.1, 0.15) is 0 Å². The fourth-order valence-electron chi connectivity index (χ4n) is 1.54. The van der Waals surface area contributed by atoms with E-state index in [-0.39, 0.29) is 5.69 Å². The average molecular weight is 232 g/mol. The van der Waals surface area contributed by atoms with E-state index < -0.39 is 4.92 Å². The van der Waals surface area contributed by atoms with Crippen molar-refractivity contribution in [1.82, 2.24) is 14.3 Å². The first-order valence-corrected chi connectivity index (χ1v) is 5.04. The van der Waals surface area contributed by atoms with Gasteiger partial charge in [-0.15, -0.1) is 0 Å². The van der Waals surface area contributed by atoms with Gasteiger partial charge < -0.3 is 9.30 Å². The molecule has 0 unspecified atom stereocenters. The largest absolute Gasteiger partial charge is 0.383 e. The van der Waals surface area contributed by atoms with Gasteiger partial charge >= 0.3 is 5.69 Å². The quantitative estimate of drug-likeness (QED) is 0.597. The van der Waals surface area contributed by atoms with Crippen LogP contribution in [0, 0.1) is 10.1 Å². The number of pyridine rings is 1. The van der Waals surface area contributed by atoms with E-state index in [2.05, 4.69) is 4.98 Å². The lowest BCUT2D eigenvalue weighted by atomic mass is 10.2. The van der Waals surface area contributed by atoms with Crippen molar-refractivity contribution in [2.75, 3.05) is 14.1 Å². The topological polar surface area (TPSA) is 63.7 Å². The molecular weight excluding hydrogens is 220 g/mol. The van der Waals surface area contributed by atoms with Gasteiger partial charge in [0.2, 0.25) is 5.65 Å². The number of fused-ring (bicyclic) bond motifs is 1. The molecule has 88 valence electrons. The van der Waals surface area contributed by atoms with Crippen molar-refractivity contribution >= 4 is 17.4 Å². The van der Waals surface area contributed by atoms with Crippen molar-refractivity contribution in [1.29, 1.82) is 0 Å². The highest BCUT2D eigenvalue weighted by Crippen LogP contribution is 2.24. The Morgan fingerprint density at radius 3 is 2.88 bits per heavy atom. The van der Waals surface area contributed by atoms with Crippen molar-refractivity contribution in [2.24, 2.45) is 0 Å². The van der Waals surface area contributed by atoms with Gasteiger partial charge in [0.15, 0.2) is 0 Å². The lowest BCUT2D eigenvalue weighted by molar-refractivity contribution is -0.383. The second-order valence-corrected chi connectivity index (χ2v) is 3.81. The molecule has 6 heteroatoms. The number of rotatable bonds is 3. The molecule has 2 heterocycles. The minimum atomic E-state index is -0.405. The molecule has 0 spiro atoms. The zero-order valence-corrected chi connectivity index (χ0v) is 9.57. The average Bonchev–Trinajstić information content (AvgIpc) is 2.72. The summed E-state index contributed by atoms with van der Waals surface area (Å²) in [7, 11) is 3.72. The Balaban J connectivity index is 2.62. The molecule has 0 bridgehead atoms. The molecule has 0 saturated heterocycles. The predicted molar refractivity (Wildman–Crippen MR) is 64.6 cm³/mol. The molecule has 0 aliphatic heterocycles. The van der Waals surface area contributed by atoms with E-state index in [1.165, 1.54) is 0 Å². The van der Waals surface area contributed by atoms with Crippen molar-refractivity contribution in [3.63, 3.8) is 0 Å². The molecule has 0 N–H and O–H groups in total. The predicted octanol–water partition coefficient (Wildman–Crippen LogP) is 1.77. The fourth-order valence-corrected chi connectivity index (χ4v) is 1.54. The maximum atomic E-state index is 11.1. The van der Waals surface area contributed by atoms with Gasteiger partial charge in [-0.25, -0.2) is 4.98 Å². The Labute approximate surface area is 98.0 Å². The van der Waals surface area contributed by atoms with E-state index >= 15 is 0 Å². The second-order valence-electron chi connectivity index (χ2n) is 3.81. The molecule has 0 radical (unpaired) electrons. The van der Waals surface area contributed by atoms with Gasteiger partial charge in [0.25, 0.3) is 0 Å². The SMILES string of the molecule is CN(C)/C=C/c1ccn2ccnc2c1[N+](=O)[O-]. The third-order valence-electron chi connectivity index (χ3n) is 2.30. The van der Waals surface area contributed by atoms with Crippen LogP contribution < -0.4 is 0 Å². The van der Waals surface area contributed by atoms with E-state index in [4.69, 9.17) is 0 Å². The van der Waals surface area contributed by atoms with E-state index in [0.29, 0.717) is 11.2 Å². The minimum Gasteiger partial charge on any atom is -0.383 e. The van der Waals surface area contributed by atoms with Crippen LogP contribution in [0.1, 0.15) is 5.56 Å². The molecule has 0 aliphatic carbocycles. The highest BCUT2D eigenvalue weighted by molar-refractivity contribution is 5.72. The highest BCUT2D eigenvalue weighted by Gasteiger charge is 2.18. The molecule has 2 rings (SSSR count). The minimum absolute atomic E-state index is 0.0237. The molecule has 2 aromatic rings. The fraction of sp³-hybridized carbons (Fsp3) is 0.182. The van der Waals surface area contributed by atoms with Crippen LogP contribution >= 0.6 is 0 Å². The molecule has 0 aliphatic rings. The van der Waals surface area contributed by atoms with Crippen LogP contribution in [0.25, 0.3) is 11.7 Å². The van der Waals surface area contributed by atoms with Gasteiger partial charge in [-0.05, 0) is 18.3 Å². The van der Waals surface area contributed by atoms with Gasteiger partial charge in [-0.3, -0.25) is 10.1 Å². The van der Waals surface area contributed by atoms with E-state index in [9.17, 15) is 10.1 Å². The van der Waals surface area contributed by atoms with Crippen LogP contribution in [0.3, 0.4) is 0 Å². The lowest BCUT2D eigenvalue weighted by Gasteiger charge is -2.04. The maximum absolute atomic E-state index is 11.1. The van der Waals surface area contributed by atoms with Crippen molar-refractivity contribution in [3.8, 4) is 0 Å². The lowest BCUT2D eigenvalue weighted by Crippen LogP contribution is -2.01. The molecule has 0 aromatic carbocycles. The van der Waals surface area contributed by atoms with Crippen molar-refractivity contribution in [3.05, 3.63) is 46.5 Å². The van der Waals surface area contributed by atoms with Crippen molar-refractivity contribution < 1.29 is 4.92 Å². The van der Waals surface area contributed by atoms with Gasteiger partial charge in [0, 0.05) is 32.7 Å². The third kappa shape index (κ3) is 2.10. The number of aromatic nitrogens is 2. The first-order chi connectivity index (χ1) is 8.09. The van der Waals surface area contributed by atoms with Gasteiger partial charge in [-0.1, -0.05) is 0 Å². The number of hydrogen-bond acceptors (Lipinski definition) is 4. The van der Waals surface area contributed by atoms with Crippen LogP contribution in [-0.4, -0.2) is 33.3 Å². The zero-order chi connectivity index (χ0) is 12.4. The summed E-state index contributed by atoms with van der Waals surface area (Å²) in [5.41, 5.74) is 0.925. The molecule has 0 fully saturated rings. The van der Waals surface area contributed by atoms with Crippen LogP contribution in [0.15, 0.2) is 30.9 Å². The third-order valence-corrected chi connectivity index (χ3v) is 2.30. The molecule has 0 amide bonds. The summed E-state index contributed by atoms with van der Waals surface area (Å²) < 4.78 is 1.63. The van der Waals surface area contributed by atoms with Crippen LogP contribution in [-0.2, 0) is 0 Å². The Morgan fingerprint density at radius 1 is 1.47 bits per heavy atom. The first-order valence-electron chi connectivity index (χ1n) is 5.04. The van der Waals surface area contributed by atoms with Crippen LogP contribution in [0.4, 0.5) is 5.69 Å². The van der Waals surface area contributed by atoms with Crippen LogP contribution in [0.5, 0.6) is 0 Å². The molecular formula is C11H12N4O2. The summed E-state index contributed by atoms with van der Waals surface area (Å²) in [6.07, 6.45) is 8.45. The number of imidazole rings is 1. The summed E-state index contributed by atoms with van der Waals surface area (Å²) in [6, 6.07) is 1.70. The monoisotopic (exact) mass is 232 g/mol. The number of hydrogen-bond donors (Lipinski definition) is 0. The van der Waals surface area contributed by atoms with E-state index in [0.717, 1.165) is 0 Å². The van der Waals surface area contributed by atoms with Crippen LogP contribution in [0.2, 0.25) is 0 Å². The van der Waals surface area contributed by atoms with Gasteiger partial charge in [0.05, 0.1) is 10.5 Å². The summed E-state index contributed by atoms with van der Waals surface area (Å²) in [4.78, 5) is 16.5. The zero-order valence-electron chi connectivity index (χ0n) is 9.57. The van der Waals surface area contributed by atoms with Gasteiger partial charge in [-0.2, -0.15) is 0 Å². The smallest absolute Gasteiger partial charge is 0.319 e. The Bertz CT molecular complexity index is 586. The maximum Gasteiger partial charge on any atom is 0.319 e. The Morgan fingerprint density at radius 2 is 2.24 bits per heavy atom. The molecule has 0 atom stereocenters. The van der Waals surface area contributed by atoms with E-state index in [1.807, 2.05) is 19.0 Å². The number of nitrogens with zero attached hydrogens (tertiary/aromatic N) is 4.